The Morgan fingerprint density at radius 3 is 2.56 bits per heavy atom. The van der Waals surface area contributed by atoms with Crippen molar-refractivity contribution in [2.75, 3.05) is 20.2 Å². The molecule has 0 bridgehead atoms. The van der Waals surface area contributed by atoms with Crippen molar-refractivity contribution in [1.29, 1.82) is 0 Å². The molecule has 2 aromatic rings. The second-order valence-corrected chi connectivity index (χ2v) is 6.20. The summed E-state index contributed by atoms with van der Waals surface area (Å²) in [6.45, 7) is 4.46. The average Bonchev–Trinajstić information content (AvgIpc) is 2.65. The number of phenols is 1. The van der Waals surface area contributed by atoms with Gasteiger partial charge in [0.25, 0.3) is 0 Å². The molecule has 0 radical (unpaired) electrons. The first-order valence-corrected chi connectivity index (χ1v) is 8.62. The topological polar surface area (TPSA) is 65.9 Å². The number of guanidine groups is 1. The van der Waals surface area contributed by atoms with Crippen LogP contribution in [0.4, 0.5) is 4.39 Å². The van der Waals surface area contributed by atoms with Crippen LogP contribution in [0, 0.1) is 11.7 Å². The largest absolute Gasteiger partial charge is 0.505 e. The summed E-state index contributed by atoms with van der Waals surface area (Å²) in [5.74, 6) is -0.0335. The minimum atomic E-state index is -0.628. The van der Waals surface area contributed by atoms with Crippen molar-refractivity contribution >= 4 is 29.9 Å². The summed E-state index contributed by atoms with van der Waals surface area (Å²) in [5.41, 5.74) is 1.88. The lowest BCUT2D eigenvalue weighted by Gasteiger charge is -2.16. The summed E-state index contributed by atoms with van der Waals surface area (Å²) in [6.07, 6.45) is 0. The molecule has 0 aliphatic rings. The second kappa shape index (κ2) is 12.5. The Morgan fingerprint density at radius 1 is 1.15 bits per heavy atom. The van der Waals surface area contributed by atoms with Crippen LogP contribution in [-0.2, 0) is 17.9 Å². The molecule has 2 aromatic carbocycles. The van der Waals surface area contributed by atoms with Gasteiger partial charge in [0.15, 0.2) is 17.5 Å². The normalized spacial score (nSPS) is 12.2. The molecule has 0 saturated heterocycles. The zero-order valence-electron chi connectivity index (χ0n) is 15.6. The summed E-state index contributed by atoms with van der Waals surface area (Å²) >= 11 is 0. The highest BCUT2D eigenvalue weighted by Crippen LogP contribution is 2.15. The molecule has 2 rings (SSSR count). The predicted octanol–water partition coefficient (Wildman–Crippen LogP) is 3.67. The number of hydrogen-bond donors (Lipinski definition) is 3. The maximum Gasteiger partial charge on any atom is 0.191 e. The van der Waals surface area contributed by atoms with Crippen molar-refractivity contribution in [3.63, 3.8) is 0 Å². The van der Waals surface area contributed by atoms with Gasteiger partial charge in [-0.05, 0) is 29.2 Å². The standard InChI is InChI=1S/C20H26FN3O2.HI/c1-15(13-26-14-16-6-4-3-5-7-16)11-23-20(22-2)24-12-17-8-9-19(25)18(21)10-17;/h3-10,15,25H,11-14H2,1-2H3,(H2,22,23,24);1H. The molecule has 1 unspecified atom stereocenters. The Bertz CT molecular complexity index is 714. The molecule has 0 saturated carbocycles. The van der Waals surface area contributed by atoms with Crippen LogP contribution >= 0.6 is 24.0 Å². The molecule has 0 spiro atoms. The van der Waals surface area contributed by atoms with Crippen molar-refractivity contribution in [2.24, 2.45) is 10.9 Å². The third-order valence-electron chi connectivity index (χ3n) is 3.83. The Kier molecular flexibility index (Phi) is 10.7. The minimum Gasteiger partial charge on any atom is -0.505 e. The summed E-state index contributed by atoms with van der Waals surface area (Å²) in [5, 5.41) is 15.6. The van der Waals surface area contributed by atoms with Crippen LogP contribution in [-0.4, -0.2) is 31.3 Å². The van der Waals surface area contributed by atoms with E-state index < -0.39 is 5.82 Å². The zero-order chi connectivity index (χ0) is 18.8. The lowest BCUT2D eigenvalue weighted by molar-refractivity contribution is 0.0931. The third-order valence-corrected chi connectivity index (χ3v) is 3.83. The molecule has 3 N–H and O–H groups in total. The Labute approximate surface area is 177 Å². The van der Waals surface area contributed by atoms with Crippen molar-refractivity contribution in [3.8, 4) is 5.75 Å². The lowest BCUT2D eigenvalue weighted by atomic mass is 10.2. The first kappa shape index (κ1) is 23.2. The third kappa shape index (κ3) is 8.57. The smallest absolute Gasteiger partial charge is 0.191 e. The fraction of sp³-hybridized carbons (Fsp3) is 0.350. The van der Waals surface area contributed by atoms with Gasteiger partial charge in [-0.2, -0.15) is 0 Å². The van der Waals surface area contributed by atoms with Crippen LogP contribution in [0.3, 0.4) is 0 Å². The van der Waals surface area contributed by atoms with Gasteiger partial charge in [-0.15, -0.1) is 24.0 Å². The van der Waals surface area contributed by atoms with Crippen molar-refractivity contribution in [3.05, 3.63) is 65.5 Å². The number of benzene rings is 2. The number of aromatic hydroxyl groups is 1. The highest BCUT2D eigenvalue weighted by molar-refractivity contribution is 14.0. The molecule has 27 heavy (non-hydrogen) atoms. The van der Waals surface area contributed by atoms with E-state index in [0.29, 0.717) is 38.2 Å². The second-order valence-electron chi connectivity index (χ2n) is 6.20. The first-order chi connectivity index (χ1) is 12.6. The van der Waals surface area contributed by atoms with Gasteiger partial charge in [-0.25, -0.2) is 4.39 Å². The zero-order valence-corrected chi connectivity index (χ0v) is 17.9. The van der Waals surface area contributed by atoms with Gasteiger partial charge in [0.2, 0.25) is 0 Å². The van der Waals surface area contributed by atoms with Gasteiger partial charge < -0.3 is 20.5 Å². The minimum absolute atomic E-state index is 0. The molecule has 5 nitrogen and oxygen atoms in total. The molecule has 1 atom stereocenters. The van der Waals surface area contributed by atoms with Gasteiger partial charge in [0, 0.05) is 20.1 Å². The molecular weight excluding hydrogens is 460 g/mol. The van der Waals surface area contributed by atoms with Crippen LogP contribution < -0.4 is 10.6 Å². The fourth-order valence-electron chi connectivity index (χ4n) is 2.35. The summed E-state index contributed by atoms with van der Waals surface area (Å²) < 4.78 is 19.1. The van der Waals surface area contributed by atoms with E-state index in [2.05, 4.69) is 22.5 Å². The molecular formula is C20H27FIN3O2. The molecule has 0 heterocycles. The number of aliphatic imine (C=N–C) groups is 1. The number of halogens is 2. The molecule has 7 heteroatoms. The van der Waals surface area contributed by atoms with E-state index in [0.717, 1.165) is 11.1 Å². The monoisotopic (exact) mass is 487 g/mol. The Hall–Kier alpha value is -1.87. The molecule has 0 aromatic heterocycles. The van der Waals surface area contributed by atoms with Crippen molar-refractivity contribution < 1.29 is 14.2 Å². The van der Waals surface area contributed by atoms with Gasteiger partial charge in [-0.1, -0.05) is 43.3 Å². The van der Waals surface area contributed by atoms with Crippen LogP contribution in [0.2, 0.25) is 0 Å². The Morgan fingerprint density at radius 2 is 1.89 bits per heavy atom. The molecule has 0 aliphatic carbocycles. The molecule has 148 valence electrons. The number of nitrogens with one attached hydrogen (secondary N) is 2. The Balaban J connectivity index is 0.00000364. The highest BCUT2D eigenvalue weighted by atomic mass is 127. The first-order valence-electron chi connectivity index (χ1n) is 8.62. The SMILES string of the molecule is CN=C(NCc1ccc(O)c(F)c1)NCC(C)COCc1ccccc1.I. The van der Waals surface area contributed by atoms with Crippen LogP contribution in [0.1, 0.15) is 18.1 Å². The fourth-order valence-corrected chi connectivity index (χ4v) is 2.35. The predicted molar refractivity (Wildman–Crippen MR) is 117 cm³/mol. The number of nitrogens with zero attached hydrogens (tertiary/aromatic N) is 1. The maximum atomic E-state index is 13.3. The van der Waals surface area contributed by atoms with E-state index >= 15 is 0 Å². The van der Waals surface area contributed by atoms with E-state index in [-0.39, 0.29) is 29.7 Å². The van der Waals surface area contributed by atoms with E-state index in [9.17, 15) is 9.50 Å². The van der Waals surface area contributed by atoms with Crippen molar-refractivity contribution in [1.82, 2.24) is 10.6 Å². The average molecular weight is 487 g/mol. The number of rotatable bonds is 8. The van der Waals surface area contributed by atoms with Gasteiger partial charge in [-0.3, -0.25) is 4.99 Å². The number of ether oxygens (including phenoxy) is 1. The highest BCUT2D eigenvalue weighted by Gasteiger charge is 2.06. The quantitative estimate of drug-likeness (QED) is 0.302. The van der Waals surface area contributed by atoms with E-state index in [4.69, 9.17) is 4.74 Å². The summed E-state index contributed by atoms with van der Waals surface area (Å²) in [7, 11) is 1.68. The van der Waals surface area contributed by atoms with Gasteiger partial charge in [0.05, 0.1) is 13.2 Å². The van der Waals surface area contributed by atoms with E-state index in [1.54, 1.807) is 13.1 Å². The summed E-state index contributed by atoms with van der Waals surface area (Å²) in [6, 6.07) is 14.4. The van der Waals surface area contributed by atoms with Crippen LogP contribution in [0.25, 0.3) is 0 Å². The van der Waals surface area contributed by atoms with Crippen LogP contribution in [0.5, 0.6) is 5.75 Å². The van der Waals surface area contributed by atoms with E-state index in [1.807, 2.05) is 30.3 Å². The van der Waals surface area contributed by atoms with Gasteiger partial charge in [0.1, 0.15) is 0 Å². The number of hydrogen-bond acceptors (Lipinski definition) is 3. The molecule has 0 aliphatic heterocycles. The molecule has 0 fully saturated rings. The number of phenolic OH excluding ortho intramolecular Hbond substituents is 1. The van der Waals surface area contributed by atoms with Crippen LogP contribution in [0.15, 0.2) is 53.5 Å². The summed E-state index contributed by atoms with van der Waals surface area (Å²) in [4.78, 5) is 4.15. The van der Waals surface area contributed by atoms with Crippen molar-refractivity contribution in [2.45, 2.75) is 20.1 Å². The lowest BCUT2D eigenvalue weighted by Crippen LogP contribution is -2.39. The maximum absolute atomic E-state index is 13.3. The van der Waals surface area contributed by atoms with E-state index in [1.165, 1.54) is 12.1 Å². The molecule has 0 amide bonds. The van der Waals surface area contributed by atoms with Gasteiger partial charge >= 0.3 is 0 Å².